The van der Waals surface area contributed by atoms with Gasteiger partial charge in [-0.15, -0.1) is 0 Å². The van der Waals surface area contributed by atoms with Gasteiger partial charge in [0.1, 0.15) is 0 Å². The average Bonchev–Trinajstić information content (AvgIpc) is 2.77. The Bertz CT molecular complexity index is 844. The smallest absolute Gasteiger partial charge is 0.320 e. The molecule has 1 aromatic carbocycles. The van der Waals surface area contributed by atoms with Crippen LogP contribution < -0.4 is 5.32 Å². The summed E-state index contributed by atoms with van der Waals surface area (Å²) in [5.74, 6) is 0.770. The van der Waals surface area contributed by atoms with Crippen molar-refractivity contribution >= 4 is 58.1 Å². The first-order valence-corrected chi connectivity index (χ1v) is 12.3. The molecule has 0 bridgehead atoms. The number of nitrogens with zero attached hydrogens (tertiary/aromatic N) is 2. The number of carbonyl (C=O) groups excluding carboxylic acids is 1. The molecule has 8 heteroatoms. The standard InChI is InChI=1S/C20H27Cl2N3O.C4H4Cl2/c1-2-24-9-3-4-16(14-24)12-15-7-10-25(11-8-15)20(26)23-17-5-6-18(21)19(22)13-17;1-3(5)4(2)6/h5-7,13,16H,2-4,8-12,14H2,1H3,(H,23,26);1-2H2. The molecular formula is C24H31Cl4N3O. The highest BCUT2D eigenvalue weighted by Crippen LogP contribution is 2.27. The van der Waals surface area contributed by atoms with Crippen LogP contribution in [0.5, 0.6) is 0 Å². The number of benzene rings is 1. The van der Waals surface area contributed by atoms with Gasteiger partial charge in [0.05, 0.1) is 20.1 Å². The minimum Gasteiger partial charge on any atom is -0.320 e. The summed E-state index contributed by atoms with van der Waals surface area (Å²) in [7, 11) is 0. The van der Waals surface area contributed by atoms with E-state index in [2.05, 4.69) is 36.4 Å². The normalized spacial score (nSPS) is 18.8. The van der Waals surface area contributed by atoms with Crippen LogP contribution >= 0.6 is 46.4 Å². The second kappa shape index (κ2) is 13.5. The van der Waals surface area contributed by atoms with Gasteiger partial charge in [-0.05, 0) is 62.9 Å². The molecule has 1 aromatic rings. The van der Waals surface area contributed by atoms with Gasteiger partial charge >= 0.3 is 6.03 Å². The zero-order chi connectivity index (χ0) is 23.7. The zero-order valence-corrected chi connectivity index (χ0v) is 21.5. The van der Waals surface area contributed by atoms with Crippen LogP contribution in [-0.2, 0) is 0 Å². The highest BCUT2D eigenvalue weighted by molar-refractivity contribution is 6.43. The molecule has 2 heterocycles. The molecule has 2 aliphatic heterocycles. The number of anilines is 1. The maximum absolute atomic E-state index is 12.4. The Morgan fingerprint density at radius 2 is 1.88 bits per heavy atom. The van der Waals surface area contributed by atoms with E-state index in [4.69, 9.17) is 46.4 Å². The second-order valence-electron chi connectivity index (χ2n) is 8.03. The quantitative estimate of drug-likeness (QED) is 0.319. The molecule has 176 valence electrons. The molecule has 1 saturated heterocycles. The zero-order valence-electron chi connectivity index (χ0n) is 18.5. The first kappa shape index (κ1) is 27.1. The monoisotopic (exact) mass is 517 g/mol. The summed E-state index contributed by atoms with van der Waals surface area (Å²) in [5.41, 5.74) is 2.17. The molecular weight excluding hydrogens is 488 g/mol. The topological polar surface area (TPSA) is 35.6 Å². The summed E-state index contributed by atoms with van der Waals surface area (Å²) in [4.78, 5) is 16.8. The maximum atomic E-state index is 12.4. The van der Waals surface area contributed by atoms with E-state index >= 15 is 0 Å². The Balaban J connectivity index is 0.000000534. The fourth-order valence-corrected chi connectivity index (χ4v) is 4.13. The number of amides is 2. The van der Waals surface area contributed by atoms with E-state index in [1.807, 2.05) is 4.90 Å². The number of carbonyl (C=O) groups is 1. The van der Waals surface area contributed by atoms with Crippen LogP contribution in [0.3, 0.4) is 0 Å². The average molecular weight is 519 g/mol. The Labute approximate surface area is 211 Å². The molecule has 0 radical (unpaired) electrons. The maximum Gasteiger partial charge on any atom is 0.322 e. The number of urea groups is 1. The van der Waals surface area contributed by atoms with Gasteiger partial charge in [0.2, 0.25) is 0 Å². The highest BCUT2D eigenvalue weighted by atomic mass is 35.5. The van der Waals surface area contributed by atoms with Crippen LogP contribution in [0.25, 0.3) is 0 Å². The fourth-order valence-electron chi connectivity index (χ4n) is 3.83. The molecule has 0 aliphatic carbocycles. The van der Waals surface area contributed by atoms with Crippen LogP contribution in [0.15, 0.2) is 53.1 Å². The van der Waals surface area contributed by atoms with E-state index in [0.29, 0.717) is 32.3 Å². The molecule has 3 rings (SSSR count). The summed E-state index contributed by atoms with van der Waals surface area (Å²) >= 11 is 22.3. The van der Waals surface area contributed by atoms with E-state index in [0.717, 1.165) is 25.4 Å². The molecule has 2 amide bonds. The van der Waals surface area contributed by atoms with Gasteiger partial charge in [0, 0.05) is 25.3 Å². The SMILES string of the molecule is C=C(Cl)C(=C)Cl.CCN1CCCC(CC2=CCN(C(=O)Nc3ccc(Cl)c(Cl)c3)CC2)C1. The van der Waals surface area contributed by atoms with Gasteiger partial charge in [-0.3, -0.25) is 0 Å². The first-order chi connectivity index (χ1) is 15.2. The van der Waals surface area contributed by atoms with Gasteiger partial charge < -0.3 is 15.1 Å². The van der Waals surface area contributed by atoms with Crippen molar-refractivity contribution in [1.82, 2.24) is 9.80 Å². The van der Waals surface area contributed by atoms with Crippen LogP contribution in [0.4, 0.5) is 10.5 Å². The molecule has 1 unspecified atom stereocenters. The number of allylic oxidation sites excluding steroid dienone is 2. The van der Waals surface area contributed by atoms with Gasteiger partial charge in [0.25, 0.3) is 0 Å². The van der Waals surface area contributed by atoms with Crippen molar-refractivity contribution in [2.75, 3.05) is 38.0 Å². The van der Waals surface area contributed by atoms with Crippen molar-refractivity contribution in [3.63, 3.8) is 0 Å². The lowest BCUT2D eigenvalue weighted by Crippen LogP contribution is -2.39. The summed E-state index contributed by atoms with van der Waals surface area (Å²) in [6.07, 6.45) is 7.03. The van der Waals surface area contributed by atoms with Gasteiger partial charge in [0.15, 0.2) is 0 Å². The summed E-state index contributed by atoms with van der Waals surface area (Å²) in [5, 5.41) is 4.43. The molecule has 1 fully saturated rings. The Morgan fingerprint density at radius 1 is 1.16 bits per heavy atom. The molecule has 0 spiro atoms. The second-order valence-corrected chi connectivity index (χ2v) is 9.76. The largest absolute Gasteiger partial charge is 0.322 e. The van der Waals surface area contributed by atoms with Gasteiger partial charge in [-0.25, -0.2) is 4.79 Å². The number of rotatable bonds is 5. The van der Waals surface area contributed by atoms with E-state index in [9.17, 15) is 4.79 Å². The van der Waals surface area contributed by atoms with E-state index in [1.54, 1.807) is 18.2 Å². The Hall–Kier alpha value is -1.17. The Kier molecular flexibility index (Phi) is 11.4. The van der Waals surface area contributed by atoms with Crippen LogP contribution in [-0.4, -0.2) is 48.6 Å². The third-order valence-electron chi connectivity index (χ3n) is 5.66. The summed E-state index contributed by atoms with van der Waals surface area (Å²) < 4.78 is 0. The minimum atomic E-state index is -0.0893. The van der Waals surface area contributed by atoms with Crippen molar-refractivity contribution in [3.8, 4) is 0 Å². The first-order valence-electron chi connectivity index (χ1n) is 10.8. The molecule has 4 nitrogen and oxygen atoms in total. The van der Waals surface area contributed by atoms with Crippen molar-refractivity contribution in [1.29, 1.82) is 0 Å². The number of halogens is 4. The van der Waals surface area contributed by atoms with Crippen LogP contribution in [0, 0.1) is 5.92 Å². The predicted molar refractivity (Wildman–Crippen MR) is 139 cm³/mol. The van der Waals surface area contributed by atoms with Crippen LogP contribution in [0.2, 0.25) is 10.0 Å². The number of hydrogen-bond acceptors (Lipinski definition) is 2. The van der Waals surface area contributed by atoms with E-state index in [-0.39, 0.29) is 6.03 Å². The minimum absolute atomic E-state index is 0.0893. The lowest BCUT2D eigenvalue weighted by molar-refractivity contribution is 0.180. The van der Waals surface area contributed by atoms with E-state index < -0.39 is 0 Å². The van der Waals surface area contributed by atoms with Crippen molar-refractivity contribution < 1.29 is 4.79 Å². The van der Waals surface area contributed by atoms with Crippen molar-refractivity contribution in [2.45, 2.75) is 32.6 Å². The lowest BCUT2D eigenvalue weighted by Gasteiger charge is -2.34. The van der Waals surface area contributed by atoms with Crippen molar-refractivity contribution in [3.05, 3.63) is 63.1 Å². The van der Waals surface area contributed by atoms with Crippen LogP contribution in [0.1, 0.15) is 32.6 Å². The number of hydrogen-bond donors (Lipinski definition) is 1. The van der Waals surface area contributed by atoms with Gasteiger partial charge in [-0.1, -0.05) is 78.1 Å². The molecule has 32 heavy (non-hydrogen) atoms. The fraction of sp³-hybridized carbons (Fsp3) is 0.458. The summed E-state index contributed by atoms with van der Waals surface area (Å²) in [6, 6.07) is 5.04. The van der Waals surface area contributed by atoms with Crippen molar-refractivity contribution in [2.24, 2.45) is 5.92 Å². The molecule has 0 aromatic heterocycles. The summed E-state index contributed by atoms with van der Waals surface area (Å²) in [6.45, 7) is 13.9. The lowest BCUT2D eigenvalue weighted by atomic mass is 9.89. The number of likely N-dealkylation sites (tertiary alicyclic amines) is 1. The molecule has 1 atom stereocenters. The Morgan fingerprint density at radius 3 is 2.44 bits per heavy atom. The third kappa shape index (κ3) is 8.99. The molecule has 1 N–H and O–H groups in total. The molecule has 0 saturated carbocycles. The third-order valence-corrected chi connectivity index (χ3v) is 6.95. The highest BCUT2D eigenvalue weighted by Gasteiger charge is 2.22. The molecule has 2 aliphatic rings. The van der Waals surface area contributed by atoms with E-state index in [1.165, 1.54) is 37.9 Å². The number of piperidine rings is 1. The number of nitrogens with one attached hydrogen (secondary N) is 1. The predicted octanol–water partition coefficient (Wildman–Crippen LogP) is 7.77. The van der Waals surface area contributed by atoms with Gasteiger partial charge in [-0.2, -0.15) is 0 Å².